The van der Waals surface area contributed by atoms with Gasteiger partial charge in [0.05, 0.1) is 11.2 Å². The van der Waals surface area contributed by atoms with E-state index >= 15 is 0 Å². The Labute approximate surface area is 344 Å². The molecule has 3 fully saturated rings. The summed E-state index contributed by atoms with van der Waals surface area (Å²) in [7, 11) is 0. The third-order valence-electron chi connectivity index (χ3n) is 15.5. The molecule has 6 atom stereocenters. The number of hydrogen-bond donors (Lipinski definition) is 0. The van der Waals surface area contributed by atoms with E-state index in [1.807, 2.05) is 0 Å². The van der Waals surface area contributed by atoms with Crippen LogP contribution in [0.25, 0.3) is 28.0 Å². The maximum absolute atomic E-state index is 2.66. The number of fused-ring (bicyclic) bond motifs is 12. The number of benzene rings is 6. The van der Waals surface area contributed by atoms with Gasteiger partial charge in [0.2, 0.25) is 0 Å². The average Bonchev–Trinajstić information content (AvgIpc) is 3.61. The first-order valence-corrected chi connectivity index (χ1v) is 22.2. The number of nitrogens with zero attached hydrogens (tertiary/aromatic N) is 2. The highest BCUT2D eigenvalue weighted by Gasteiger charge is 2.62. The summed E-state index contributed by atoms with van der Waals surface area (Å²) in [6, 6.07) is 49.1. The maximum Gasteiger partial charge on any atom is 0.0643 e. The molecule has 0 radical (unpaired) electrons. The van der Waals surface area contributed by atoms with E-state index in [1.54, 1.807) is 11.1 Å². The van der Waals surface area contributed by atoms with Gasteiger partial charge in [-0.05, 0) is 169 Å². The highest BCUT2D eigenvalue weighted by molar-refractivity contribution is 6.05. The average molecular weight is 753 g/mol. The van der Waals surface area contributed by atoms with Crippen LogP contribution in [-0.2, 0) is 11.8 Å². The predicted molar refractivity (Wildman–Crippen MR) is 244 cm³/mol. The minimum atomic E-state index is -0.203. The number of rotatable bonds is 6. The van der Waals surface area contributed by atoms with Crippen molar-refractivity contribution >= 4 is 45.3 Å². The van der Waals surface area contributed by atoms with E-state index in [4.69, 9.17) is 0 Å². The van der Waals surface area contributed by atoms with Crippen molar-refractivity contribution in [3.63, 3.8) is 0 Å². The van der Waals surface area contributed by atoms with E-state index in [0.717, 1.165) is 42.9 Å². The first kappa shape index (κ1) is 34.4. The number of hydrogen-bond acceptors (Lipinski definition) is 2. The lowest BCUT2D eigenvalue weighted by atomic mass is 9.62. The van der Waals surface area contributed by atoms with Gasteiger partial charge in [-0.3, -0.25) is 0 Å². The third-order valence-corrected chi connectivity index (χ3v) is 15.5. The second-order valence-corrected chi connectivity index (χ2v) is 18.5. The minimum Gasteiger partial charge on any atom is -0.331 e. The Bertz CT molecular complexity index is 2670. The molecule has 0 N–H and O–H groups in total. The SMILES string of the molecule is CC1(N(c2ccccc2)c2cc3c(c4cc(N(c5ccccc5)c5ccc6c(c5)C5(c7ccccc7-6)C6CC7CCCC5C(C7)C6)ccc24)C=CCC3)C=CC=CC1. The van der Waals surface area contributed by atoms with E-state index in [2.05, 4.69) is 181 Å². The fraction of sp³-hybridized carbons (Fsp3) is 0.286. The number of allylic oxidation sites excluding steroid dienone is 3. The molecule has 6 aromatic carbocycles. The summed E-state index contributed by atoms with van der Waals surface area (Å²) in [5.41, 5.74) is 15.1. The molecule has 12 rings (SSSR count). The first-order chi connectivity index (χ1) is 28.6. The van der Waals surface area contributed by atoms with Gasteiger partial charge >= 0.3 is 0 Å². The summed E-state index contributed by atoms with van der Waals surface area (Å²) in [4.78, 5) is 5.16. The van der Waals surface area contributed by atoms with Crippen LogP contribution in [0.5, 0.6) is 0 Å². The molecule has 6 aliphatic rings. The smallest absolute Gasteiger partial charge is 0.0643 e. The van der Waals surface area contributed by atoms with Gasteiger partial charge < -0.3 is 9.80 Å². The molecule has 2 nitrogen and oxygen atoms in total. The Kier molecular flexibility index (Phi) is 7.85. The fourth-order valence-corrected chi connectivity index (χ4v) is 13.3. The molecule has 286 valence electrons. The Morgan fingerprint density at radius 1 is 0.621 bits per heavy atom. The Morgan fingerprint density at radius 2 is 1.40 bits per heavy atom. The van der Waals surface area contributed by atoms with Crippen LogP contribution in [0.1, 0.15) is 80.5 Å². The zero-order valence-corrected chi connectivity index (χ0v) is 33.7. The van der Waals surface area contributed by atoms with E-state index in [9.17, 15) is 0 Å². The highest BCUT2D eigenvalue weighted by Crippen LogP contribution is 2.70. The molecule has 0 heterocycles. The standard InChI is InChI=1S/C56H52N2/c1-55(30-13-4-14-31-55)58(43-20-7-3-8-21-43)54-35-39-17-9-10-22-46(39)50-36-44(27-29-49(50)54)57(42-18-5-2-6-19-42)45-26-28-48-47-23-11-12-24-52(47)56(53(48)37-45)41-33-38-16-15-25-51(56)40(32-38)34-41/h2-8,10-14,18-24,26-30,35-38,40-41,51H,9,15-17,25,31-34H2,1H3. The Hall–Kier alpha value is -5.60. The summed E-state index contributed by atoms with van der Waals surface area (Å²) in [6.45, 7) is 2.39. The summed E-state index contributed by atoms with van der Waals surface area (Å²) in [6.07, 6.45) is 25.4. The number of anilines is 5. The largest absolute Gasteiger partial charge is 0.331 e. The minimum absolute atomic E-state index is 0.117. The fourth-order valence-electron chi connectivity index (χ4n) is 13.3. The lowest BCUT2D eigenvalue weighted by molar-refractivity contribution is 0.224. The van der Waals surface area contributed by atoms with Crippen LogP contribution in [0, 0.1) is 23.7 Å². The van der Waals surface area contributed by atoms with Crippen LogP contribution in [0.4, 0.5) is 28.4 Å². The van der Waals surface area contributed by atoms with Gasteiger partial charge in [0.1, 0.15) is 0 Å². The molecule has 3 saturated carbocycles. The van der Waals surface area contributed by atoms with E-state index in [1.165, 1.54) is 100.0 Å². The van der Waals surface area contributed by atoms with Crippen molar-refractivity contribution in [2.24, 2.45) is 23.7 Å². The monoisotopic (exact) mass is 752 g/mol. The molecule has 58 heavy (non-hydrogen) atoms. The molecule has 6 aromatic rings. The lowest BCUT2D eigenvalue weighted by Crippen LogP contribution is -2.42. The van der Waals surface area contributed by atoms with Crippen LogP contribution < -0.4 is 9.80 Å². The van der Waals surface area contributed by atoms with Crippen molar-refractivity contribution in [2.75, 3.05) is 9.80 Å². The van der Waals surface area contributed by atoms with Gasteiger partial charge in [-0.25, -0.2) is 0 Å². The van der Waals surface area contributed by atoms with Gasteiger partial charge in [0.15, 0.2) is 0 Å². The van der Waals surface area contributed by atoms with Crippen molar-refractivity contribution in [3.05, 3.63) is 180 Å². The van der Waals surface area contributed by atoms with Crippen LogP contribution in [0.2, 0.25) is 0 Å². The Morgan fingerprint density at radius 3 is 2.24 bits per heavy atom. The van der Waals surface area contributed by atoms with Gasteiger partial charge in [0.25, 0.3) is 0 Å². The second kappa shape index (κ2) is 13.2. The third kappa shape index (κ3) is 5.03. The molecule has 0 saturated heterocycles. The van der Waals surface area contributed by atoms with E-state index in [0.29, 0.717) is 0 Å². The number of para-hydroxylation sites is 2. The summed E-state index contributed by atoms with van der Waals surface area (Å²) < 4.78 is 0. The molecule has 0 aliphatic heterocycles. The molecule has 2 heteroatoms. The van der Waals surface area contributed by atoms with Gasteiger partial charge in [-0.1, -0.05) is 122 Å². The lowest BCUT2D eigenvalue weighted by Gasteiger charge is -2.43. The Balaban J connectivity index is 1.06. The zero-order valence-electron chi connectivity index (χ0n) is 33.7. The normalized spacial score (nSPS) is 27.1. The molecular formula is C56H52N2. The van der Waals surface area contributed by atoms with Crippen LogP contribution >= 0.6 is 0 Å². The molecule has 0 aromatic heterocycles. The molecule has 0 amide bonds. The molecule has 3 bridgehead atoms. The number of aryl methyl sites for hydroxylation is 1. The molecule has 6 unspecified atom stereocenters. The highest BCUT2D eigenvalue weighted by atomic mass is 15.2. The zero-order chi connectivity index (χ0) is 38.4. The van der Waals surface area contributed by atoms with Gasteiger partial charge in [-0.15, -0.1) is 0 Å². The summed E-state index contributed by atoms with van der Waals surface area (Å²) in [5.74, 6) is 3.22. The first-order valence-electron chi connectivity index (χ1n) is 22.2. The van der Waals surface area contributed by atoms with E-state index < -0.39 is 0 Å². The van der Waals surface area contributed by atoms with Crippen molar-refractivity contribution < 1.29 is 0 Å². The van der Waals surface area contributed by atoms with Gasteiger partial charge in [0, 0.05) is 33.6 Å². The van der Waals surface area contributed by atoms with Crippen molar-refractivity contribution in [1.82, 2.24) is 0 Å². The molecule has 6 aliphatic carbocycles. The van der Waals surface area contributed by atoms with Crippen LogP contribution in [0.3, 0.4) is 0 Å². The van der Waals surface area contributed by atoms with Crippen LogP contribution in [-0.4, -0.2) is 5.54 Å². The summed E-state index contributed by atoms with van der Waals surface area (Å²) >= 11 is 0. The van der Waals surface area contributed by atoms with Crippen molar-refractivity contribution in [3.8, 4) is 11.1 Å². The quantitative estimate of drug-likeness (QED) is 0.167. The summed E-state index contributed by atoms with van der Waals surface area (Å²) in [5, 5.41) is 2.62. The molecule has 1 spiro atoms. The van der Waals surface area contributed by atoms with Crippen LogP contribution in [0.15, 0.2) is 158 Å². The van der Waals surface area contributed by atoms with Gasteiger partial charge in [-0.2, -0.15) is 0 Å². The second-order valence-electron chi connectivity index (χ2n) is 18.5. The van der Waals surface area contributed by atoms with E-state index in [-0.39, 0.29) is 11.0 Å². The van der Waals surface area contributed by atoms with Crippen molar-refractivity contribution in [1.29, 1.82) is 0 Å². The maximum atomic E-state index is 2.66. The molecular weight excluding hydrogens is 701 g/mol. The topological polar surface area (TPSA) is 6.48 Å². The van der Waals surface area contributed by atoms with Crippen molar-refractivity contribution in [2.45, 2.75) is 75.7 Å². The predicted octanol–water partition coefficient (Wildman–Crippen LogP) is 14.8.